The summed E-state index contributed by atoms with van der Waals surface area (Å²) in [7, 11) is 0. The number of nitrogens with zero attached hydrogens (tertiary/aromatic N) is 6. The number of hydrogen-bond donors (Lipinski definition) is 3. The first-order valence-corrected chi connectivity index (χ1v) is 8.15. The standard InChI is InChI=1S/C16H14F3N9/c17-12(18)13(19)28-4-3-10(27-28)7-21-16-24-14(23-15(20)25-16)8-1-2-9-6-22-26-11(9)5-8/h1-6,12-13H,7H2,(H,22,26)(H3,20,21,23,24,25). The molecule has 0 spiro atoms. The molecule has 144 valence electrons. The average Bonchev–Trinajstić information content (AvgIpc) is 3.34. The van der Waals surface area contributed by atoms with Gasteiger partial charge in [-0.15, -0.1) is 0 Å². The van der Waals surface area contributed by atoms with Gasteiger partial charge in [-0.2, -0.15) is 25.1 Å². The van der Waals surface area contributed by atoms with E-state index in [2.05, 4.69) is 35.6 Å². The highest BCUT2D eigenvalue weighted by molar-refractivity contribution is 5.82. The maximum atomic E-state index is 13.3. The van der Waals surface area contributed by atoms with Gasteiger partial charge in [0.2, 0.25) is 11.9 Å². The number of aromatic amines is 1. The summed E-state index contributed by atoms with van der Waals surface area (Å²) in [6, 6.07) is 6.93. The Labute approximate surface area is 155 Å². The molecule has 1 aromatic carbocycles. The maximum Gasteiger partial charge on any atom is 0.289 e. The van der Waals surface area contributed by atoms with Crippen molar-refractivity contribution < 1.29 is 13.2 Å². The number of rotatable bonds is 6. The number of alkyl halides is 3. The maximum absolute atomic E-state index is 13.3. The van der Waals surface area contributed by atoms with Crippen molar-refractivity contribution in [3.05, 3.63) is 42.4 Å². The topological polar surface area (TPSA) is 123 Å². The molecular formula is C16H14F3N9. The van der Waals surface area contributed by atoms with Gasteiger partial charge in [-0.1, -0.05) is 12.1 Å². The molecule has 4 rings (SSSR count). The first kappa shape index (κ1) is 17.7. The fourth-order valence-corrected chi connectivity index (χ4v) is 2.57. The van der Waals surface area contributed by atoms with Crippen molar-refractivity contribution in [3.8, 4) is 11.4 Å². The number of nitrogen functional groups attached to an aromatic ring is 1. The highest BCUT2D eigenvalue weighted by Crippen LogP contribution is 2.22. The van der Waals surface area contributed by atoms with Crippen LogP contribution in [-0.2, 0) is 6.54 Å². The van der Waals surface area contributed by atoms with Gasteiger partial charge < -0.3 is 11.1 Å². The zero-order chi connectivity index (χ0) is 19.7. The molecule has 0 amide bonds. The SMILES string of the molecule is Nc1nc(NCc2ccn(C(F)C(F)F)n2)nc(-c2ccc3cn[nH]c3c2)n1. The van der Waals surface area contributed by atoms with Gasteiger partial charge in [-0.25, -0.2) is 17.9 Å². The Bertz CT molecular complexity index is 1110. The fourth-order valence-electron chi connectivity index (χ4n) is 2.57. The average molecular weight is 389 g/mol. The molecule has 0 saturated heterocycles. The van der Waals surface area contributed by atoms with E-state index in [1.54, 1.807) is 6.20 Å². The number of hydrogen-bond acceptors (Lipinski definition) is 7. The van der Waals surface area contributed by atoms with Crippen LogP contribution in [-0.4, -0.2) is 41.4 Å². The summed E-state index contributed by atoms with van der Waals surface area (Å²) >= 11 is 0. The molecule has 0 saturated carbocycles. The van der Waals surface area contributed by atoms with Crippen molar-refractivity contribution in [3.63, 3.8) is 0 Å². The molecule has 4 N–H and O–H groups in total. The van der Waals surface area contributed by atoms with Crippen molar-refractivity contribution >= 4 is 22.8 Å². The van der Waals surface area contributed by atoms with Crippen LogP contribution >= 0.6 is 0 Å². The van der Waals surface area contributed by atoms with Gasteiger partial charge in [0.1, 0.15) is 0 Å². The lowest BCUT2D eigenvalue weighted by Crippen LogP contribution is -2.14. The summed E-state index contributed by atoms with van der Waals surface area (Å²) in [6.45, 7) is 0.0887. The Kier molecular flexibility index (Phi) is 4.51. The number of aromatic nitrogens is 7. The molecule has 1 atom stereocenters. The van der Waals surface area contributed by atoms with E-state index >= 15 is 0 Å². The van der Waals surface area contributed by atoms with Gasteiger partial charge in [0, 0.05) is 17.1 Å². The largest absolute Gasteiger partial charge is 0.368 e. The van der Waals surface area contributed by atoms with Crippen LogP contribution in [0.4, 0.5) is 25.1 Å². The number of halogens is 3. The van der Waals surface area contributed by atoms with Crippen LogP contribution in [0.3, 0.4) is 0 Å². The molecule has 3 heterocycles. The third kappa shape index (κ3) is 3.56. The number of fused-ring (bicyclic) bond motifs is 1. The Morgan fingerprint density at radius 3 is 2.82 bits per heavy atom. The second-order valence-corrected chi connectivity index (χ2v) is 5.86. The number of nitrogens with one attached hydrogen (secondary N) is 2. The van der Waals surface area contributed by atoms with E-state index in [1.807, 2.05) is 18.2 Å². The lowest BCUT2D eigenvalue weighted by molar-refractivity contribution is 0.000581. The molecule has 4 aromatic rings. The molecule has 0 aliphatic heterocycles. The molecule has 1 unspecified atom stereocenters. The normalized spacial score (nSPS) is 12.6. The van der Waals surface area contributed by atoms with Crippen molar-refractivity contribution in [1.29, 1.82) is 0 Å². The predicted molar refractivity (Wildman–Crippen MR) is 95.0 cm³/mol. The van der Waals surface area contributed by atoms with Gasteiger partial charge in [0.25, 0.3) is 12.7 Å². The number of nitrogens with two attached hydrogens (primary N) is 1. The van der Waals surface area contributed by atoms with Crippen molar-refractivity contribution in [2.45, 2.75) is 19.3 Å². The smallest absolute Gasteiger partial charge is 0.289 e. The minimum atomic E-state index is -3.15. The van der Waals surface area contributed by atoms with Crippen LogP contribution in [0, 0.1) is 0 Å². The second-order valence-electron chi connectivity index (χ2n) is 5.86. The lowest BCUT2D eigenvalue weighted by atomic mass is 10.1. The van der Waals surface area contributed by atoms with Crippen molar-refractivity contribution in [2.75, 3.05) is 11.1 Å². The van der Waals surface area contributed by atoms with Crippen LogP contribution < -0.4 is 11.1 Å². The monoisotopic (exact) mass is 389 g/mol. The van der Waals surface area contributed by atoms with Gasteiger partial charge in [-0.3, -0.25) is 5.10 Å². The Morgan fingerprint density at radius 1 is 1.14 bits per heavy atom. The Morgan fingerprint density at radius 2 is 2.00 bits per heavy atom. The van der Waals surface area contributed by atoms with Gasteiger partial charge in [0.05, 0.1) is 24.0 Å². The van der Waals surface area contributed by atoms with E-state index < -0.39 is 12.7 Å². The molecule has 0 aliphatic carbocycles. The number of anilines is 2. The van der Waals surface area contributed by atoms with E-state index in [4.69, 9.17) is 5.73 Å². The van der Waals surface area contributed by atoms with Crippen molar-refractivity contribution in [2.24, 2.45) is 0 Å². The third-order valence-corrected chi connectivity index (χ3v) is 3.90. The minimum absolute atomic E-state index is 0.00394. The second kappa shape index (κ2) is 7.13. The number of H-pyrrole nitrogens is 1. The van der Waals surface area contributed by atoms with E-state index in [-0.39, 0.29) is 18.4 Å². The summed E-state index contributed by atoms with van der Waals surface area (Å²) in [4.78, 5) is 12.4. The summed E-state index contributed by atoms with van der Waals surface area (Å²) in [6.07, 6.45) is -2.81. The van der Waals surface area contributed by atoms with E-state index in [1.165, 1.54) is 6.07 Å². The lowest BCUT2D eigenvalue weighted by Gasteiger charge is -2.08. The van der Waals surface area contributed by atoms with Gasteiger partial charge in [0.15, 0.2) is 5.82 Å². The predicted octanol–water partition coefficient (Wildman–Crippen LogP) is 2.54. The highest BCUT2D eigenvalue weighted by Gasteiger charge is 2.21. The third-order valence-electron chi connectivity index (χ3n) is 3.90. The zero-order valence-corrected chi connectivity index (χ0v) is 14.2. The summed E-state index contributed by atoms with van der Waals surface area (Å²) in [5.74, 6) is 0.523. The molecule has 0 fully saturated rings. The van der Waals surface area contributed by atoms with Gasteiger partial charge in [-0.05, 0) is 12.1 Å². The van der Waals surface area contributed by atoms with Crippen LogP contribution in [0.2, 0.25) is 0 Å². The molecule has 0 aliphatic rings. The zero-order valence-electron chi connectivity index (χ0n) is 14.2. The molecule has 9 nitrogen and oxygen atoms in total. The van der Waals surface area contributed by atoms with Crippen molar-refractivity contribution in [1.82, 2.24) is 34.9 Å². The molecule has 12 heteroatoms. The molecule has 28 heavy (non-hydrogen) atoms. The highest BCUT2D eigenvalue weighted by atomic mass is 19.3. The van der Waals surface area contributed by atoms with E-state index in [0.29, 0.717) is 21.8 Å². The van der Waals surface area contributed by atoms with Crippen LogP contribution in [0.1, 0.15) is 12.0 Å². The first-order valence-electron chi connectivity index (χ1n) is 8.15. The quantitative estimate of drug-likeness (QED) is 0.463. The first-order chi connectivity index (χ1) is 13.5. The fraction of sp³-hybridized carbons (Fsp3) is 0.188. The molecule has 3 aromatic heterocycles. The summed E-state index contributed by atoms with van der Waals surface area (Å²) < 4.78 is 38.7. The summed E-state index contributed by atoms with van der Waals surface area (Å²) in [5.41, 5.74) is 7.62. The Hall–Kier alpha value is -3.70. The summed E-state index contributed by atoms with van der Waals surface area (Å²) in [5, 5.41) is 14.4. The number of benzene rings is 1. The van der Waals surface area contributed by atoms with Crippen LogP contribution in [0.25, 0.3) is 22.3 Å². The molecular weight excluding hydrogens is 375 g/mol. The Balaban J connectivity index is 1.52. The van der Waals surface area contributed by atoms with Crippen LogP contribution in [0.15, 0.2) is 36.7 Å². The van der Waals surface area contributed by atoms with E-state index in [0.717, 1.165) is 17.1 Å². The minimum Gasteiger partial charge on any atom is -0.368 e. The van der Waals surface area contributed by atoms with Crippen LogP contribution in [0.5, 0.6) is 0 Å². The van der Waals surface area contributed by atoms with Gasteiger partial charge >= 0.3 is 0 Å². The molecule has 0 radical (unpaired) electrons. The molecule has 0 bridgehead atoms. The van der Waals surface area contributed by atoms with E-state index in [9.17, 15) is 13.2 Å².